The molecule has 0 unspecified atom stereocenters. The molecular weight excluding hydrogens is 188 g/mol. The van der Waals surface area contributed by atoms with E-state index in [2.05, 4.69) is 12.0 Å². The molecule has 0 aliphatic carbocycles. The average Bonchev–Trinajstić information content (AvgIpc) is 2.63. The van der Waals surface area contributed by atoms with Gasteiger partial charge in [0.1, 0.15) is 0 Å². The Bertz CT molecular complexity index is 473. The van der Waals surface area contributed by atoms with E-state index in [1.165, 1.54) is 0 Å². The molecule has 0 atom stereocenters. The van der Waals surface area contributed by atoms with Crippen molar-refractivity contribution < 1.29 is 4.79 Å². The number of aldehydes is 1. The molecule has 3 nitrogen and oxygen atoms in total. The van der Waals surface area contributed by atoms with Crippen molar-refractivity contribution in [1.29, 1.82) is 0 Å². The fourth-order valence-corrected chi connectivity index (χ4v) is 1.72. The van der Waals surface area contributed by atoms with Gasteiger partial charge in [0.2, 0.25) is 0 Å². The number of unbranched alkanes of at least 4 members (excludes halogenated alkanes) is 1. The zero-order valence-electron chi connectivity index (χ0n) is 8.81. The topological polar surface area (TPSA) is 34.4 Å². The first kappa shape index (κ1) is 9.90. The van der Waals surface area contributed by atoms with E-state index in [1.807, 2.05) is 24.4 Å². The fraction of sp³-hybridized carbons (Fsp3) is 0.333. The number of hydrogen-bond donors (Lipinski definition) is 0. The summed E-state index contributed by atoms with van der Waals surface area (Å²) >= 11 is 0. The van der Waals surface area contributed by atoms with Crippen LogP contribution in [0.5, 0.6) is 0 Å². The van der Waals surface area contributed by atoms with Crippen LogP contribution >= 0.6 is 0 Å². The van der Waals surface area contributed by atoms with E-state index in [9.17, 15) is 4.79 Å². The number of aromatic nitrogens is 2. The Morgan fingerprint density at radius 2 is 2.33 bits per heavy atom. The SMILES string of the molecule is CCCCc1nn2ccccc2c1C=O. The highest BCUT2D eigenvalue weighted by Gasteiger charge is 2.10. The van der Waals surface area contributed by atoms with Crippen LogP contribution in [-0.2, 0) is 6.42 Å². The van der Waals surface area contributed by atoms with Crippen molar-refractivity contribution in [1.82, 2.24) is 9.61 Å². The summed E-state index contributed by atoms with van der Waals surface area (Å²) in [6.07, 6.45) is 5.86. The Balaban J connectivity index is 2.49. The summed E-state index contributed by atoms with van der Waals surface area (Å²) in [5.74, 6) is 0. The average molecular weight is 202 g/mol. The molecule has 0 N–H and O–H groups in total. The van der Waals surface area contributed by atoms with Crippen molar-refractivity contribution in [2.24, 2.45) is 0 Å². The van der Waals surface area contributed by atoms with Gasteiger partial charge in [-0.3, -0.25) is 4.79 Å². The number of fused-ring (bicyclic) bond motifs is 1. The molecule has 78 valence electrons. The van der Waals surface area contributed by atoms with Crippen LogP contribution in [0.25, 0.3) is 5.52 Å². The molecule has 0 fully saturated rings. The first-order valence-corrected chi connectivity index (χ1v) is 5.28. The molecule has 2 aromatic heterocycles. The van der Waals surface area contributed by atoms with Gasteiger partial charge in [0.05, 0.1) is 16.8 Å². The lowest BCUT2D eigenvalue weighted by Crippen LogP contribution is -1.90. The smallest absolute Gasteiger partial charge is 0.154 e. The Hall–Kier alpha value is -1.64. The van der Waals surface area contributed by atoms with E-state index < -0.39 is 0 Å². The van der Waals surface area contributed by atoms with E-state index in [-0.39, 0.29) is 0 Å². The third-order valence-electron chi connectivity index (χ3n) is 2.54. The second-order valence-corrected chi connectivity index (χ2v) is 3.61. The molecule has 0 aliphatic rings. The summed E-state index contributed by atoms with van der Waals surface area (Å²) in [6.45, 7) is 2.14. The monoisotopic (exact) mass is 202 g/mol. The van der Waals surface area contributed by atoms with Crippen molar-refractivity contribution in [3.05, 3.63) is 35.7 Å². The third kappa shape index (κ3) is 1.77. The highest BCUT2D eigenvalue weighted by Crippen LogP contribution is 2.15. The highest BCUT2D eigenvalue weighted by atomic mass is 16.1. The predicted molar refractivity (Wildman–Crippen MR) is 59.2 cm³/mol. The second-order valence-electron chi connectivity index (χ2n) is 3.61. The third-order valence-corrected chi connectivity index (χ3v) is 2.54. The maximum Gasteiger partial charge on any atom is 0.154 e. The van der Waals surface area contributed by atoms with Gasteiger partial charge < -0.3 is 0 Å². The van der Waals surface area contributed by atoms with Crippen LogP contribution in [0.3, 0.4) is 0 Å². The van der Waals surface area contributed by atoms with Gasteiger partial charge in [0.15, 0.2) is 6.29 Å². The van der Waals surface area contributed by atoms with Crippen LogP contribution in [0.4, 0.5) is 0 Å². The van der Waals surface area contributed by atoms with Crippen LogP contribution in [-0.4, -0.2) is 15.9 Å². The largest absolute Gasteiger partial charge is 0.298 e. The number of pyridine rings is 1. The van der Waals surface area contributed by atoms with Crippen molar-refractivity contribution in [3.63, 3.8) is 0 Å². The van der Waals surface area contributed by atoms with Crippen molar-refractivity contribution in [2.75, 3.05) is 0 Å². The fourth-order valence-electron chi connectivity index (χ4n) is 1.72. The van der Waals surface area contributed by atoms with Gasteiger partial charge in [0.25, 0.3) is 0 Å². The Morgan fingerprint density at radius 1 is 1.47 bits per heavy atom. The van der Waals surface area contributed by atoms with Crippen LogP contribution in [0.15, 0.2) is 24.4 Å². The minimum absolute atomic E-state index is 0.740. The lowest BCUT2D eigenvalue weighted by Gasteiger charge is -1.93. The predicted octanol–water partition coefficient (Wildman–Crippen LogP) is 2.49. The zero-order valence-corrected chi connectivity index (χ0v) is 8.81. The Labute approximate surface area is 88.7 Å². The van der Waals surface area contributed by atoms with E-state index in [1.54, 1.807) is 4.52 Å². The van der Waals surface area contributed by atoms with Crippen molar-refractivity contribution >= 4 is 11.8 Å². The van der Waals surface area contributed by atoms with E-state index >= 15 is 0 Å². The van der Waals surface area contributed by atoms with Gasteiger partial charge in [0, 0.05) is 6.20 Å². The summed E-state index contributed by atoms with van der Waals surface area (Å²) in [5, 5.41) is 4.41. The minimum Gasteiger partial charge on any atom is -0.298 e. The zero-order chi connectivity index (χ0) is 10.7. The molecule has 2 heterocycles. The Morgan fingerprint density at radius 3 is 3.07 bits per heavy atom. The number of carbonyl (C=O) groups is 1. The molecule has 0 amide bonds. The molecule has 0 bridgehead atoms. The van der Waals surface area contributed by atoms with Crippen LogP contribution < -0.4 is 0 Å². The Kier molecular flexibility index (Phi) is 2.81. The van der Waals surface area contributed by atoms with Gasteiger partial charge >= 0.3 is 0 Å². The number of rotatable bonds is 4. The highest BCUT2D eigenvalue weighted by molar-refractivity contribution is 5.87. The summed E-state index contributed by atoms with van der Waals surface area (Å²) in [7, 11) is 0. The van der Waals surface area contributed by atoms with Crippen molar-refractivity contribution in [2.45, 2.75) is 26.2 Å². The second kappa shape index (κ2) is 4.26. The number of hydrogen-bond acceptors (Lipinski definition) is 2. The standard InChI is InChI=1S/C12H14N2O/c1-2-3-6-11-10(9-15)12-7-4-5-8-14(12)13-11/h4-5,7-9H,2-3,6H2,1H3. The summed E-state index contributed by atoms with van der Waals surface area (Å²) in [4.78, 5) is 11.0. The number of carbonyl (C=O) groups excluding carboxylic acids is 1. The molecule has 15 heavy (non-hydrogen) atoms. The number of aryl methyl sites for hydroxylation is 1. The molecule has 0 aromatic carbocycles. The normalized spacial score (nSPS) is 10.7. The van der Waals surface area contributed by atoms with Crippen molar-refractivity contribution in [3.8, 4) is 0 Å². The lowest BCUT2D eigenvalue weighted by molar-refractivity contribution is 0.112. The van der Waals surface area contributed by atoms with Gasteiger partial charge in [-0.25, -0.2) is 4.52 Å². The molecule has 3 heteroatoms. The van der Waals surface area contributed by atoms with Gasteiger partial charge in [-0.05, 0) is 25.0 Å². The van der Waals surface area contributed by atoms with Gasteiger partial charge in [-0.15, -0.1) is 0 Å². The first-order valence-electron chi connectivity index (χ1n) is 5.28. The minimum atomic E-state index is 0.740. The summed E-state index contributed by atoms with van der Waals surface area (Å²) in [5.41, 5.74) is 2.56. The molecule has 0 aliphatic heterocycles. The van der Waals surface area contributed by atoms with Crippen LogP contribution in [0.1, 0.15) is 35.8 Å². The number of nitrogens with zero attached hydrogens (tertiary/aromatic N) is 2. The quantitative estimate of drug-likeness (QED) is 0.714. The molecule has 0 radical (unpaired) electrons. The summed E-state index contributed by atoms with van der Waals surface area (Å²) in [6, 6.07) is 5.76. The van der Waals surface area contributed by atoms with E-state index in [0.29, 0.717) is 0 Å². The maximum atomic E-state index is 11.0. The maximum absolute atomic E-state index is 11.0. The lowest BCUT2D eigenvalue weighted by atomic mass is 10.1. The van der Waals surface area contributed by atoms with Gasteiger partial charge in [-0.2, -0.15) is 5.10 Å². The summed E-state index contributed by atoms with van der Waals surface area (Å²) < 4.78 is 1.77. The molecule has 2 rings (SSSR count). The molecule has 0 saturated heterocycles. The van der Waals surface area contributed by atoms with E-state index in [0.717, 1.165) is 42.3 Å². The van der Waals surface area contributed by atoms with Gasteiger partial charge in [-0.1, -0.05) is 19.4 Å². The first-order chi connectivity index (χ1) is 7.36. The molecule has 0 spiro atoms. The van der Waals surface area contributed by atoms with Crippen LogP contribution in [0.2, 0.25) is 0 Å². The van der Waals surface area contributed by atoms with Crippen LogP contribution in [0, 0.1) is 0 Å². The molecular formula is C12H14N2O. The molecule has 0 saturated carbocycles. The molecule has 2 aromatic rings. The van der Waals surface area contributed by atoms with E-state index in [4.69, 9.17) is 0 Å².